The van der Waals surface area contributed by atoms with Crippen LogP contribution in [0.3, 0.4) is 0 Å². The number of aromatic nitrogens is 1. The molecule has 1 fully saturated rings. The highest BCUT2D eigenvalue weighted by atomic mass is 35.5. The summed E-state index contributed by atoms with van der Waals surface area (Å²) in [5, 5.41) is 9.48. The molecular formula is C21H27ClN2O2. The van der Waals surface area contributed by atoms with E-state index in [1.54, 1.807) is 0 Å². The molecule has 1 N–H and O–H groups in total. The molecule has 2 heterocycles. The fourth-order valence-corrected chi connectivity index (χ4v) is 4.18. The standard InChI is InChI=1S/C21H26N2O2.ClH/c24-15-17-8-10-21(11-9-17)16-23(14-19-6-3-4-12-22-19)13-18-5-1-2-7-20(18)25-21;/h1-7,12,17,24H,8-11,13-16H2;1H. The average molecular weight is 375 g/mol. The van der Waals surface area contributed by atoms with Crippen LogP contribution in [0.4, 0.5) is 0 Å². The van der Waals surface area contributed by atoms with E-state index in [0.29, 0.717) is 12.5 Å². The van der Waals surface area contributed by atoms with E-state index in [-0.39, 0.29) is 18.0 Å². The fourth-order valence-electron chi connectivity index (χ4n) is 4.18. The van der Waals surface area contributed by atoms with Crippen LogP contribution in [-0.2, 0) is 13.1 Å². The molecule has 5 heteroatoms. The molecule has 0 saturated heterocycles. The van der Waals surface area contributed by atoms with Crippen LogP contribution in [0.25, 0.3) is 0 Å². The second-order valence-corrected chi connectivity index (χ2v) is 7.48. The maximum atomic E-state index is 9.48. The Kier molecular flexibility index (Phi) is 6.17. The summed E-state index contributed by atoms with van der Waals surface area (Å²) in [6.07, 6.45) is 5.95. The molecule has 0 unspecified atom stereocenters. The number of hydrogen-bond acceptors (Lipinski definition) is 4. The summed E-state index contributed by atoms with van der Waals surface area (Å²) in [5.74, 6) is 1.45. The van der Waals surface area contributed by atoms with Crippen LogP contribution < -0.4 is 4.74 Å². The Morgan fingerprint density at radius 3 is 2.62 bits per heavy atom. The molecule has 4 rings (SSSR count). The number of para-hydroxylation sites is 1. The minimum Gasteiger partial charge on any atom is -0.486 e. The van der Waals surface area contributed by atoms with Gasteiger partial charge in [0.05, 0.1) is 5.69 Å². The summed E-state index contributed by atoms with van der Waals surface area (Å²) in [4.78, 5) is 6.97. The molecule has 140 valence electrons. The van der Waals surface area contributed by atoms with Crippen molar-refractivity contribution < 1.29 is 9.84 Å². The van der Waals surface area contributed by atoms with E-state index in [0.717, 1.165) is 56.8 Å². The number of ether oxygens (including phenoxy) is 1. The summed E-state index contributed by atoms with van der Waals surface area (Å²) >= 11 is 0. The Labute approximate surface area is 161 Å². The molecule has 2 aliphatic rings. The Morgan fingerprint density at radius 2 is 1.88 bits per heavy atom. The lowest BCUT2D eigenvalue weighted by atomic mass is 9.78. The number of hydrogen-bond donors (Lipinski definition) is 1. The van der Waals surface area contributed by atoms with Crippen LogP contribution in [0.15, 0.2) is 48.7 Å². The predicted octanol–water partition coefficient (Wildman–Crippen LogP) is 3.82. The molecule has 1 aliphatic carbocycles. The predicted molar refractivity (Wildman–Crippen MR) is 104 cm³/mol. The first-order chi connectivity index (χ1) is 12.3. The molecular weight excluding hydrogens is 348 g/mol. The first kappa shape index (κ1) is 19.2. The maximum Gasteiger partial charge on any atom is 0.124 e. The number of nitrogens with zero attached hydrogens (tertiary/aromatic N) is 2. The van der Waals surface area contributed by atoms with Gasteiger partial charge in [-0.1, -0.05) is 24.3 Å². The van der Waals surface area contributed by atoms with Gasteiger partial charge in [0.25, 0.3) is 0 Å². The zero-order valence-electron chi connectivity index (χ0n) is 15.0. The van der Waals surface area contributed by atoms with Gasteiger partial charge in [-0.15, -0.1) is 12.4 Å². The van der Waals surface area contributed by atoms with Crippen LogP contribution >= 0.6 is 12.4 Å². The van der Waals surface area contributed by atoms with Gasteiger partial charge >= 0.3 is 0 Å². The first-order valence-electron chi connectivity index (χ1n) is 9.26. The molecule has 1 aromatic carbocycles. The number of rotatable bonds is 3. The molecule has 26 heavy (non-hydrogen) atoms. The Bertz CT molecular complexity index is 702. The van der Waals surface area contributed by atoms with Gasteiger partial charge in [0.1, 0.15) is 11.4 Å². The van der Waals surface area contributed by atoms with Crippen molar-refractivity contribution in [3.63, 3.8) is 0 Å². The van der Waals surface area contributed by atoms with Crippen molar-refractivity contribution in [2.24, 2.45) is 5.92 Å². The highest BCUT2D eigenvalue weighted by molar-refractivity contribution is 5.85. The van der Waals surface area contributed by atoms with E-state index in [4.69, 9.17) is 4.74 Å². The second kappa shape index (κ2) is 8.38. The highest BCUT2D eigenvalue weighted by Crippen LogP contribution is 2.40. The summed E-state index contributed by atoms with van der Waals surface area (Å²) in [5.41, 5.74) is 2.20. The van der Waals surface area contributed by atoms with Crippen molar-refractivity contribution in [2.45, 2.75) is 44.4 Å². The lowest BCUT2D eigenvalue weighted by Gasteiger charge is -2.41. The summed E-state index contributed by atoms with van der Waals surface area (Å²) in [7, 11) is 0. The fraction of sp³-hybridized carbons (Fsp3) is 0.476. The number of halogens is 1. The number of fused-ring (bicyclic) bond motifs is 1. The zero-order valence-corrected chi connectivity index (χ0v) is 15.8. The monoisotopic (exact) mass is 374 g/mol. The number of benzene rings is 1. The van der Waals surface area contributed by atoms with Crippen molar-refractivity contribution in [2.75, 3.05) is 13.2 Å². The SMILES string of the molecule is Cl.OCC1CCC2(CC1)CN(Cc1ccccn1)Cc1ccccc1O2. The normalized spacial score (nSPS) is 25.7. The van der Waals surface area contributed by atoms with Gasteiger partial charge in [0.2, 0.25) is 0 Å². The summed E-state index contributed by atoms with van der Waals surface area (Å²) in [6.45, 7) is 2.93. The van der Waals surface area contributed by atoms with E-state index < -0.39 is 0 Å². The van der Waals surface area contributed by atoms with Gasteiger partial charge in [0.15, 0.2) is 0 Å². The van der Waals surface area contributed by atoms with E-state index >= 15 is 0 Å². The molecule has 0 radical (unpaired) electrons. The van der Waals surface area contributed by atoms with Crippen LogP contribution in [0, 0.1) is 5.92 Å². The number of aliphatic hydroxyl groups is 1. The van der Waals surface area contributed by atoms with Gasteiger partial charge in [0, 0.05) is 38.0 Å². The topological polar surface area (TPSA) is 45.6 Å². The smallest absolute Gasteiger partial charge is 0.124 e. The third-order valence-corrected chi connectivity index (χ3v) is 5.59. The van der Waals surface area contributed by atoms with Crippen LogP contribution in [0.1, 0.15) is 36.9 Å². The van der Waals surface area contributed by atoms with Crippen molar-refractivity contribution in [3.05, 3.63) is 59.9 Å². The Hall–Kier alpha value is -1.62. The second-order valence-electron chi connectivity index (χ2n) is 7.48. The molecule has 0 amide bonds. The van der Waals surface area contributed by atoms with E-state index in [9.17, 15) is 5.11 Å². The van der Waals surface area contributed by atoms with Gasteiger partial charge in [-0.05, 0) is 49.8 Å². The molecule has 0 bridgehead atoms. The van der Waals surface area contributed by atoms with E-state index in [2.05, 4.69) is 40.2 Å². The van der Waals surface area contributed by atoms with Crippen molar-refractivity contribution in [3.8, 4) is 5.75 Å². The van der Waals surface area contributed by atoms with Gasteiger partial charge in [-0.25, -0.2) is 0 Å². The van der Waals surface area contributed by atoms with Crippen LogP contribution in [0.2, 0.25) is 0 Å². The van der Waals surface area contributed by atoms with Gasteiger partial charge in [-0.2, -0.15) is 0 Å². The quantitative estimate of drug-likeness (QED) is 0.887. The van der Waals surface area contributed by atoms with E-state index in [1.807, 2.05) is 18.3 Å². The van der Waals surface area contributed by atoms with Crippen LogP contribution in [-0.4, -0.2) is 33.7 Å². The molecule has 1 aliphatic heterocycles. The van der Waals surface area contributed by atoms with Gasteiger partial charge < -0.3 is 9.84 Å². The first-order valence-corrected chi connectivity index (χ1v) is 9.26. The average Bonchev–Trinajstić information content (AvgIpc) is 2.79. The Balaban J connectivity index is 0.00000196. The third kappa shape index (κ3) is 4.20. The largest absolute Gasteiger partial charge is 0.486 e. The van der Waals surface area contributed by atoms with Crippen LogP contribution in [0.5, 0.6) is 5.75 Å². The lowest BCUT2D eigenvalue weighted by Crippen LogP contribution is -2.48. The highest BCUT2D eigenvalue weighted by Gasteiger charge is 2.40. The molecule has 1 saturated carbocycles. The molecule has 0 atom stereocenters. The molecule has 1 spiro atoms. The van der Waals surface area contributed by atoms with Crippen molar-refractivity contribution in [1.82, 2.24) is 9.88 Å². The third-order valence-electron chi connectivity index (χ3n) is 5.59. The Morgan fingerprint density at radius 1 is 1.12 bits per heavy atom. The molecule has 1 aromatic heterocycles. The summed E-state index contributed by atoms with van der Waals surface area (Å²) in [6, 6.07) is 14.5. The lowest BCUT2D eigenvalue weighted by molar-refractivity contribution is -0.0156. The van der Waals surface area contributed by atoms with Crippen molar-refractivity contribution in [1.29, 1.82) is 0 Å². The minimum atomic E-state index is -0.146. The number of aliphatic hydroxyl groups excluding tert-OH is 1. The van der Waals surface area contributed by atoms with Gasteiger partial charge in [-0.3, -0.25) is 9.88 Å². The molecule has 2 aromatic rings. The summed E-state index contributed by atoms with van der Waals surface area (Å²) < 4.78 is 6.60. The van der Waals surface area contributed by atoms with Crippen molar-refractivity contribution >= 4 is 12.4 Å². The van der Waals surface area contributed by atoms with E-state index in [1.165, 1.54) is 5.56 Å². The zero-order chi connectivity index (χ0) is 17.1. The molecule has 4 nitrogen and oxygen atoms in total. The maximum absolute atomic E-state index is 9.48. The minimum absolute atomic E-state index is 0. The number of pyridine rings is 1.